The molecule has 2 rings (SSSR count). The molecular weight excluding hydrogens is 214 g/mol. The van der Waals surface area contributed by atoms with Crippen molar-refractivity contribution < 1.29 is 9.15 Å². The maximum Gasteiger partial charge on any atom is 0.111 e. The molecule has 1 aliphatic rings. The van der Waals surface area contributed by atoms with Crippen LogP contribution in [0.2, 0.25) is 0 Å². The van der Waals surface area contributed by atoms with Gasteiger partial charge in [-0.3, -0.25) is 0 Å². The molecule has 0 radical (unpaired) electrons. The molecular formula is C14H23NO2. The van der Waals surface area contributed by atoms with Crippen molar-refractivity contribution in [2.75, 3.05) is 13.2 Å². The zero-order valence-corrected chi connectivity index (χ0v) is 11.1. The average Bonchev–Trinajstić information content (AvgIpc) is 2.67. The van der Waals surface area contributed by atoms with E-state index in [1.807, 2.05) is 0 Å². The van der Waals surface area contributed by atoms with E-state index in [-0.39, 0.29) is 0 Å². The molecule has 0 amide bonds. The first-order valence-electron chi connectivity index (χ1n) is 6.55. The van der Waals surface area contributed by atoms with Crippen LogP contribution in [-0.4, -0.2) is 13.2 Å². The van der Waals surface area contributed by atoms with Gasteiger partial charge in [0.1, 0.15) is 11.5 Å². The highest BCUT2D eigenvalue weighted by atomic mass is 16.5. The Hall–Kier alpha value is -0.800. The monoisotopic (exact) mass is 237 g/mol. The van der Waals surface area contributed by atoms with Gasteiger partial charge in [-0.05, 0) is 25.3 Å². The topological polar surface area (TPSA) is 48.4 Å². The van der Waals surface area contributed by atoms with E-state index >= 15 is 0 Å². The molecule has 1 aromatic heterocycles. The number of nitrogens with two attached hydrogens (primary N) is 1. The van der Waals surface area contributed by atoms with Crippen molar-refractivity contribution in [2.24, 2.45) is 5.73 Å². The Morgan fingerprint density at radius 2 is 1.94 bits per heavy atom. The van der Waals surface area contributed by atoms with Crippen LogP contribution in [0, 0.1) is 6.92 Å². The van der Waals surface area contributed by atoms with E-state index in [1.54, 1.807) is 0 Å². The number of hydrogen-bond acceptors (Lipinski definition) is 3. The molecule has 2 heterocycles. The zero-order valence-electron chi connectivity index (χ0n) is 11.1. The van der Waals surface area contributed by atoms with Crippen molar-refractivity contribution in [3.05, 3.63) is 22.6 Å². The molecule has 0 atom stereocenters. The summed E-state index contributed by atoms with van der Waals surface area (Å²) in [7, 11) is 0. The van der Waals surface area contributed by atoms with E-state index in [1.165, 1.54) is 11.1 Å². The predicted molar refractivity (Wildman–Crippen MR) is 68.2 cm³/mol. The summed E-state index contributed by atoms with van der Waals surface area (Å²) < 4.78 is 11.5. The van der Waals surface area contributed by atoms with E-state index in [4.69, 9.17) is 14.9 Å². The second-order valence-electron chi connectivity index (χ2n) is 5.18. The highest BCUT2D eigenvalue weighted by Gasteiger charge is 2.25. The standard InChI is InChI=1S/C14H23NO2/c1-9(2)13-12(8-15)10(3)14(17-13)11-4-6-16-7-5-11/h9,11H,4-8,15H2,1-3H3. The minimum absolute atomic E-state index is 0.404. The molecule has 2 N–H and O–H groups in total. The summed E-state index contributed by atoms with van der Waals surface area (Å²) in [5, 5.41) is 0. The van der Waals surface area contributed by atoms with Gasteiger partial charge < -0.3 is 14.9 Å². The molecule has 0 aliphatic carbocycles. The second kappa shape index (κ2) is 5.23. The van der Waals surface area contributed by atoms with Gasteiger partial charge in [0.25, 0.3) is 0 Å². The van der Waals surface area contributed by atoms with Crippen LogP contribution in [0.1, 0.15) is 61.2 Å². The van der Waals surface area contributed by atoms with Crippen LogP contribution in [0.3, 0.4) is 0 Å². The summed E-state index contributed by atoms with van der Waals surface area (Å²) >= 11 is 0. The maximum atomic E-state index is 6.10. The number of rotatable bonds is 3. The van der Waals surface area contributed by atoms with Crippen molar-refractivity contribution in [2.45, 2.75) is 52.0 Å². The number of furan rings is 1. The zero-order chi connectivity index (χ0) is 12.4. The molecule has 0 bridgehead atoms. The van der Waals surface area contributed by atoms with Gasteiger partial charge >= 0.3 is 0 Å². The third kappa shape index (κ3) is 2.40. The molecule has 0 unspecified atom stereocenters. The molecule has 1 aliphatic heterocycles. The molecule has 1 fully saturated rings. The molecule has 1 saturated heterocycles. The Morgan fingerprint density at radius 3 is 2.41 bits per heavy atom. The van der Waals surface area contributed by atoms with Gasteiger partial charge in [-0.15, -0.1) is 0 Å². The van der Waals surface area contributed by atoms with Crippen LogP contribution in [0.5, 0.6) is 0 Å². The molecule has 3 heteroatoms. The van der Waals surface area contributed by atoms with E-state index in [2.05, 4.69) is 20.8 Å². The lowest BCUT2D eigenvalue weighted by molar-refractivity contribution is 0.0801. The summed E-state index contributed by atoms with van der Waals surface area (Å²) in [5.41, 5.74) is 8.32. The van der Waals surface area contributed by atoms with Gasteiger partial charge in [0.15, 0.2) is 0 Å². The van der Waals surface area contributed by atoms with Crippen molar-refractivity contribution in [1.82, 2.24) is 0 Å². The first-order valence-corrected chi connectivity index (χ1v) is 6.55. The van der Waals surface area contributed by atoms with Gasteiger partial charge in [0, 0.05) is 37.2 Å². The molecule has 96 valence electrons. The van der Waals surface area contributed by atoms with Crippen LogP contribution >= 0.6 is 0 Å². The van der Waals surface area contributed by atoms with Gasteiger partial charge in [0.05, 0.1) is 0 Å². The van der Waals surface area contributed by atoms with E-state index < -0.39 is 0 Å². The smallest absolute Gasteiger partial charge is 0.111 e. The van der Waals surface area contributed by atoms with Crippen molar-refractivity contribution in [1.29, 1.82) is 0 Å². The van der Waals surface area contributed by atoms with Crippen molar-refractivity contribution in [3.8, 4) is 0 Å². The maximum absolute atomic E-state index is 6.10. The minimum atomic E-state index is 0.404. The first kappa shape index (κ1) is 12.7. The van der Waals surface area contributed by atoms with Crippen LogP contribution in [0.25, 0.3) is 0 Å². The lowest BCUT2D eigenvalue weighted by atomic mass is 9.93. The van der Waals surface area contributed by atoms with Crippen LogP contribution in [0.15, 0.2) is 4.42 Å². The summed E-state index contributed by atoms with van der Waals surface area (Å²) in [6, 6.07) is 0. The Kier molecular flexibility index (Phi) is 3.89. The molecule has 0 aromatic carbocycles. The molecule has 17 heavy (non-hydrogen) atoms. The quantitative estimate of drug-likeness (QED) is 0.879. The first-order chi connectivity index (χ1) is 8.15. The van der Waals surface area contributed by atoms with Crippen molar-refractivity contribution in [3.63, 3.8) is 0 Å². The van der Waals surface area contributed by atoms with E-state index in [9.17, 15) is 0 Å². The van der Waals surface area contributed by atoms with E-state index in [0.29, 0.717) is 18.4 Å². The SMILES string of the molecule is Cc1c(C2CCOCC2)oc(C(C)C)c1CN. The third-order valence-electron chi connectivity index (χ3n) is 3.66. The molecule has 0 saturated carbocycles. The largest absolute Gasteiger partial charge is 0.465 e. The molecule has 1 aromatic rings. The highest BCUT2D eigenvalue weighted by Crippen LogP contribution is 2.36. The van der Waals surface area contributed by atoms with Crippen LogP contribution < -0.4 is 5.73 Å². The highest BCUT2D eigenvalue weighted by molar-refractivity contribution is 5.35. The van der Waals surface area contributed by atoms with Gasteiger partial charge in [0.2, 0.25) is 0 Å². The van der Waals surface area contributed by atoms with Gasteiger partial charge in [-0.2, -0.15) is 0 Å². The fraction of sp³-hybridized carbons (Fsp3) is 0.714. The Labute approximate surface area is 103 Å². The molecule has 0 spiro atoms. The fourth-order valence-corrected chi connectivity index (χ4v) is 2.66. The fourth-order valence-electron chi connectivity index (χ4n) is 2.66. The lowest BCUT2D eigenvalue weighted by Gasteiger charge is -2.20. The minimum Gasteiger partial charge on any atom is -0.465 e. The summed E-state index contributed by atoms with van der Waals surface area (Å²) in [5.74, 6) is 3.14. The molecule has 3 nitrogen and oxygen atoms in total. The Bertz CT molecular complexity index is 376. The summed E-state index contributed by atoms with van der Waals surface area (Å²) in [4.78, 5) is 0. The van der Waals surface area contributed by atoms with E-state index in [0.717, 1.165) is 37.6 Å². The Morgan fingerprint density at radius 1 is 1.29 bits per heavy atom. The summed E-state index contributed by atoms with van der Waals surface area (Å²) in [6.45, 7) is 8.73. The van der Waals surface area contributed by atoms with Crippen molar-refractivity contribution >= 4 is 0 Å². The second-order valence-corrected chi connectivity index (χ2v) is 5.18. The average molecular weight is 237 g/mol. The number of ether oxygens (including phenoxy) is 1. The number of hydrogen-bond donors (Lipinski definition) is 1. The van der Waals surface area contributed by atoms with Gasteiger partial charge in [-0.1, -0.05) is 13.8 Å². The normalized spacial score (nSPS) is 17.9. The van der Waals surface area contributed by atoms with Crippen LogP contribution in [-0.2, 0) is 11.3 Å². The summed E-state index contributed by atoms with van der Waals surface area (Å²) in [6.07, 6.45) is 2.13. The van der Waals surface area contributed by atoms with Gasteiger partial charge in [-0.25, -0.2) is 0 Å². The lowest BCUT2D eigenvalue weighted by Crippen LogP contribution is -2.14. The Balaban J connectivity index is 2.33. The third-order valence-corrected chi connectivity index (χ3v) is 3.66. The van der Waals surface area contributed by atoms with Crippen LogP contribution in [0.4, 0.5) is 0 Å². The predicted octanol–water partition coefficient (Wildman–Crippen LogP) is 3.06.